The first-order valence-electron chi connectivity index (χ1n) is 5.82. The predicted octanol–water partition coefficient (Wildman–Crippen LogP) is -0.502. The van der Waals surface area contributed by atoms with Crippen LogP contribution in [0.15, 0.2) is 0 Å². The number of nitrogens with one attached hydrogen (secondary N) is 2. The van der Waals surface area contributed by atoms with Gasteiger partial charge in [0.25, 0.3) is 0 Å². The highest BCUT2D eigenvalue weighted by atomic mass is 16.5. The van der Waals surface area contributed by atoms with Gasteiger partial charge in [-0.05, 0) is 26.3 Å². The second kappa shape index (κ2) is 6.83. The number of aliphatic hydroxyl groups is 1. The molecule has 1 aliphatic heterocycles. The summed E-state index contributed by atoms with van der Waals surface area (Å²) in [7, 11) is 1.59. The van der Waals surface area contributed by atoms with Gasteiger partial charge in [0.1, 0.15) is 0 Å². The van der Waals surface area contributed by atoms with Crippen molar-refractivity contribution in [1.29, 1.82) is 0 Å². The molecule has 0 spiro atoms. The fourth-order valence-electron chi connectivity index (χ4n) is 2.08. The molecule has 0 saturated carbocycles. The average Bonchev–Trinajstić information content (AvgIpc) is 2.65. The summed E-state index contributed by atoms with van der Waals surface area (Å²) in [5, 5.41) is 15.0. The molecule has 5 heteroatoms. The van der Waals surface area contributed by atoms with Gasteiger partial charge in [-0.15, -0.1) is 0 Å². The maximum absolute atomic E-state index is 11.9. The minimum Gasteiger partial charge on any atom is -0.396 e. The fourth-order valence-corrected chi connectivity index (χ4v) is 2.08. The number of hydrogen-bond donors (Lipinski definition) is 3. The van der Waals surface area contributed by atoms with E-state index in [-0.39, 0.29) is 30.5 Å². The summed E-state index contributed by atoms with van der Waals surface area (Å²) in [6, 6.07) is 0.146. The second-order valence-electron chi connectivity index (χ2n) is 4.31. The van der Waals surface area contributed by atoms with Crippen molar-refractivity contribution in [3.05, 3.63) is 0 Å². The van der Waals surface area contributed by atoms with Gasteiger partial charge >= 0.3 is 0 Å². The third kappa shape index (κ3) is 3.73. The summed E-state index contributed by atoms with van der Waals surface area (Å²) in [5.74, 6) is 0.103. The Morgan fingerprint density at radius 3 is 2.94 bits per heavy atom. The molecule has 3 N–H and O–H groups in total. The molecular formula is C11H22N2O3. The van der Waals surface area contributed by atoms with E-state index in [4.69, 9.17) is 9.84 Å². The van der Waals surface area contributed by atoms with Crippen LogP contribution in [0.1, 0.15) is 19.8 Å². The van der Waals surface area contributed by atoms with E-state index < -0.39 is 0 Å². The van der Waals surface area contributed by atoms with Gasteiger partial charge in [0, 0.05) is 19.8 Å². The lowest BCUT2D eigenvalue weighted by Crippen LogP contribution is -2.44. The highest BCUT2D eigenvalue weighted by Gasteiger charge is 2.30. The average molecular weight is 230 g/mol. The Balaban J connectivity index is 2.40. The molecule has 0 aromatic rings. The monoisotopic (exact) mass is 230 g/mol. The minimum atomic E-state index is -0.0877. The Bertz CT molecular complexity index is 217. The third-order valence-electron chi connectivity index (χ3n) is 3.05. The van der Waals surface area contributed by atoms with E-state index in [2.05, 4.69) is 10.6 Å². The van der Waals surface area contributed by atoms with E-state index in [9.17, 15) is 4.79 Å². The van der Waals surface area contributed by atoms with Crippen LogP contribution in [-0.2, 0) is 9.53 Å². The third-order valence-corrected chi connectivity index (χ3v) is 3.05. The molecule has 3 atom stereocenters. The van der Waals surface area contributed by atoms with Crippen LogP contribution in [-0.4, -0.2) is 50.0 Å². The number of rotatable bonds is 6. The lowest BCUT2D eigenvalue weighted by Gasteiger charge is -2.21. The largest absolute Gasteiger partial charge is 0.396 e. The molecule has 1 rings (SSSR count). The Morgan fingerprint density at radius 2 is 2.44 bits per heavy atom. The van der Waals surface area contributed by atoms with Gasteiger partial charge in [-0.3, -0.25) is 4.79 Å². The molecule has 0 bridgehead atoms. The molecule has 0 aromatic heterocycles. The van der Waals surface area contributed by atoms with Gasteiger partial charge in [-0.2, -0.15) is 0 Å². The van der Waals surface area contributed by atoms with Crippen molar-refractivity contribution < 1.29 is 14.6 Å². The van der Waals surface area contributed by atoms with Crippen LogP contribution < -0.4 is 10.6 Å². The van der Waals surface area contributed by atoms with Gasteiger partial charge in [-0.1, -0.05) is 0 Å². The zero-order valence-electron chi connectivity index (χ0n) is 10.0. The summed E-state index contributed by atoms with van der Waals surface area (Å²) in [6.07, 6.45) is 1.42. The van der Waals surface area contributed by atoms with Crippen molar-refractivity contribution in [3.63, 3.8) is 0 Å². The zero-order chi connectivity index (χ0) is 12.0. The van der Waals surface area contributed by atoms with Crippen molar-refractivity contribution in [1.82, 2.24) is 10.6 Å². The molecule has 94 valence electrons. The number of methoxy groups -OCH3 is 1. The van der Waals surface area contributed by atoms with Crippen LogP contribution in [0.4, 0.5) is 0 Å². The number of carbonyl (C=O) groups excluding carboxylic acids is 1. The van der Waals surface area contributed by atoms with Gasteiger partial charge < -0.3 is 20.5 Å². The van der Waals surface area contributed by atoms with E-state index in [0.29, 0.717) is 13.0 Å². The summed E-state index contributed by atoms with van der Waals surface area (Å²) in [6.45, 7) is 3.43. The number of aliphatic hydroxyl groups excluding tert-OH is 1. The molecule has 0 aromatic carbocycles. The lowest BCUT2D eigenvalue weighted by atomic mass is 10.0. The quantitative estimate of drug-likeness (QED) is 0.575. The van der Waals surface area contributed by atoms with Crippen molar-refractivity contribution in [2.45, 2.75) is 31.8 Å². The molecule has 0 radical (unpaired) electrons. The molecule has 1 heterocycles. The first-order chi connectivity index (χ1) is 7.69. The molecular weight excluding hydrogens is 208 g/mol. The topological polar surface area (TPSA) is 70.6 Å². The van der Waals surface area contributed by atoms with Gasteiger partial charge in [0.2, 0.25) is 5.91 Å². The van der Waals surface area contributed by atoms with E-state index >= 15 is 0 Å². The summed E-state index contributed by atoms with van der Waals surface area (Å²) in [5.41, 5.74) is 0. The first-order valence-corrected chi connectivity index (χ1v) is 5.82. The normalized spacial score (nSPS) is 26.7. The molecule has 1 fully saturated rings. The van der Waals surface area contributed by atoms with Crippen molar-refractivity contribution in [2.75, 3.05) is 26.9 Å². The maximum atomic E-state index is 11.9. The lowest BCUT2D eigenvalue weighted by molar-refractivity contribution is -0.126. The summed E-state index contributed by atoms with van der Waals surface area (Å²) >= 11 is 0. The SMILES string of the molecule is COCC(CCO)NC(=O)C1CCNC1C. The highest BCUT2D eigenvalue weighted by molar-refractivity contribution is 5.80. The number of hydrogen-bond acceptors (Lipinski definition) is 4. The van der Waals surface area contributed by atoms with Gasteiger partial charge in [0.05, 0.1) is 18.6 Å². The van der Waals surface area contributed by atoms with E-state index in [1.165, 1.54) is 0 Å². The molecule has 1 saturated heterocycles. The van der Waals surface area contributed by atoms with Crippen LogP contribution in [0.3, 0.4) is 0 Å². The fraction of sp³-hybridized carbons (Fsp3) is 0.909. The Hall–Kier alpha value is -0.650. The van der Waals surface area contributed by atoms with Gasteiger partial charge in [0.15, 0.2) is 0 Å². The molecule has 1 amide bonds. The predicted molar refractivity (Wildman–Crippen MR) is 61.1 cm³/mol. The minimum absolute atomic E-state index is 0.0399. The first kappa shape index (κ1) is 13.4. The van der Waals surface area contributed by atoms with Crippen LogP contribution in [0.5, 0.6) is 0 Å². The van der Waals surface area contributed by atoms with Gasteiger partial charge in [-0.25, -0.2) is 0 Å². The number of carbonyl (C=O) groups is 1. The van der Waals surface area contributed by atoms with Crippen LogP contribution in [0.2, 0.25) is 0 Å². The highest BCUT2D eigenvalue weighted by Crippen LogP contribution is 2.15. The number of amides is 1. The van der Waals surface area contributed by atoms with Crippen molar-refractivity contribution in [2.24, 2.45) is 5.92 Å². The molecule has 5 nitrogen and oxygen atoms in total. The Labute approximate surface area is 96.6 Å². The molecule has 3 unspecified atom stereocenters. The Kier molecular flexibility index (Phi) is 5.73. The Morgan fingerprint density at radius 1 is 1.69 bits per heavy atom. The van der Waals surface area contributed by atoms with E-state index in [0.717, 1.165) is 13.0 Å². The van der Waals surface area contributed by atoms with E-state index in [1.807, 2.05) is 6.92 Å². The van der Waals surface area contributed by atoms with Crippen LogP contribution >= 0.6 is 0 Å². The summed E-state index contributed by atoms with van der Waals surface area (Å²) in [4.78, 5) is 11.9. The maximum Gasteiger partial charge on any atom is 0.225 e. The molecule has 16 heavy (non-hydrogen) atoms. The smallest absolute Gasteiger partial charge is 0.225 e. The standard InChI is InChI=1S/C11H22N2O3/c1-8-10(3-5-12-8)11(15)13-9(4-6-14)7-16-2/h8-10,12,14H,3-7H2,1-2H3,(H,13,15). The zero-order valence-corrected chi connectivity index (χ0v) is 10.0. The molecule has 1 aliphatic rings. The van der Waals surface area contributed by atoms with Crippen molar-refractivity contribution >= 4 is 5.91 Å². The van der Waals surface area contributed by atoms with E-state index in [1.54, 1.807) is 7.11 Å². The number of ether oxygens (including phenoxy) is 1. The van der Waals surface area contributed by atoms with Crippen LogP contribution in [0, 0.1) is 5.92 Å². The molecule has 0 aliphatic carbocycles. The second-order valence-corrected chi connectivity index (χ2v) is 4.31. The van der Waals surface area contributed by atoms with Crippen LogP contribution in [0.25, 0.3) is 0 Å². The van der Waals surface area contributed by atoms with Crippen molar-refractivity contribution in [3.8, 4) is 0 Å². The summed E-state index contributed by atoms with van der Waals surface area (Å²) < 4.78 is 5.01.